The molecule has 0 bridgehead atoms. The number of halogens is 3. The van der Waals surface area contributed by atoms with Gasteiger partial charge in [-0.25, -0.2) is 4.39 Å². The maximum Gasteiger partial charge on any atom is 0.248 e. The largest absolute Gasteiger partial charge is 0.455 e. The zero-order chi connectivity index (χ0) is 21.8. The lowest BCUT2D eigenvalue weighted by atomic mass is 10.2. The molecule has 0 aliphatic heterocycles. The Morgan fingerprint density at radius 3 is 2.65 bits per heavy atom. The van der Waals surface area contributed by atoms with E-state index in [9.17, 15) is 9.18 Å². The molecule has 0 fully saturated rings. The maximum atomic E-state index is 14.0. The van der Waals surface area contributed by atoms with Gasteiger partial charge in [0.25, 0.3) is 0 Å². The number of carbonyl (C=O) groups excluding carboxylic acids is 1. The van der Waals surface area contributed by atoms with Crippen LogP contribution in [0.5, 0.6) is 11.5 Å². The summed E-state index contributed by atoms with van der Waals surface area (Å²) in [5.74, 6) is -0.0485. The normalized spacial score (nSPS) is 10.7. The molecule has 1 N–H and O–H groups in total. The third-order valence-electron chi connectivity index (χ3n) is 4.11. The average molecular weight is 458 g/mol. The first-order chi connectivity index (χ1) is 15.0. The zero-order valence-corrected chi connectivity index (χ0v) is 17.3. The zero-order valence-electron chi connectivity index (χ0n) is 15.8. The highest BCUT2D eigenvalue weighted by atomic mass is 35.5. The third kappa shape index (κ3) is 4.99. The number of nitrogens with zero attached hydrogens (tertiary/aromatic N) is 4. The Morgan fingerprint density at radius 2 is 1.87 bits per heavy atom. The number of ether oxygens (including phenoxy) is 1. The van der Waals surface area contributed by atoms with Crippen LogP contribution in [0, 0.1) is 5.82 Å². The highest BCUT2D eigenvalue weighted by Crippen LogP contribution is 2.32. The van der Waals surface area contributed by atoms with Crippen LogP contribution in [-0.4, -0.2) is 26.1 Å². The van der Waals surface area contributed by atoms with Crippen molar-refractivity contribution in [3.8, 4) is 22.9 Å². The topological polar surface area (TPSA) is 81.9 Å². The first kappa shape index (κ1) is 20.8. The lowest BCUT2D eigenvalue weighted by molar-refractivity contribution is -0.117. The Kier molecular flexibility index (Phi) is 6.11. The number of amides is 1. The lowest BCUT2D eigenvalue weighted by Gasteiger charge is -2.12. The minimum absolute atomic E-state index is 0.0178. The fraction of sp³-hybridized carbons (Fsp3) is 0.0476. The van der Waals surface area contributed by atoms with E-state index in [0.717, 1.165) is 4.80 Å². The molecule has 7 nitrogen and oxygen atoms in total. The van der Waals surface area contributed by atoms with Gasteiger partial charge in [0, 0.05) is 5.02 Å². The molecule has 31 heavy (non-hydrogen) atoms. The molecule has 4 aromatic rings. The van der Waals surface area contributed by atoms with E-state index >= 15 is 0 Å². The number of nitrogens with one attached hydrogen (secondary N) is 1. The second kappa shape index (κ2) is 9.11. The minimum Gasteiger partial charge on any atom is -0.455 e. The average Bonchev–Trinajstić information content (AvgIpc) is 3.18. The Balaban J connectivity index is 1.50. The van der Waals surface area contributed by atoms with Crippen molar-refractivity contribution in [3.63, 3.8) is 0 Å². The monoisotopic (exact) mass is 457 g/mol. The summed E-state index contributed by atoms with van der Waals surface area (Å²) in [6.45, 7) is -0.267. The molecule has 0 unspecified atom stereocenters. The van der Waals surface area contributed by atoms with E-state index in [4.69, 9.17) is 27.9 Å². The van der Waals surface area contributed by atoms with Gasteiger partial charge in [-0.1, -0.05) is 47.5 Å². The second-order valence-electron chi connectivity index (χ2n) is 6.34. The highest BCUT2D eigenvalue weighted by Gasteiger charge is 2.17. The minimum atomic E-state index is -0.585. The first-order valence-electron chi connectivity index (χ1n) is 9.04. The standard InChI is InChI=1S/C21H14Cl2FN5O2/c22-13-9-10-18(31-14-5-2-1-3-6-14)17(11-13)25-19(30)12-29-27-21(26-28-29)20-15(23)7-4-8-16(20)24/h1-11H,12H2,(H,25,30). The van der Waals surface area contributed by atoms with Crippen molar-refractivity contribution in [3.05, 3.63) is 82.6 Å². The first-order valence-corrected chi connectivity index (χ1v) is 9.79. The van der Waals surface area contributed by atoms with Crippen LogP contribution in [0.4, 0.5) is 10.1 Å². The summed E-state index contributed by atoms with van der Waals surface area (Å²) in [4.78, 5) is 13.6. The van der Waals surface area contributed by atoms with Crippen LogP contribution in [0.3, 0.4) is 0 Å². The van der Waals surface area contributed by atoms with E-state index in [0.29, 0.717) is 22.2 Å². The van der Waals surface area contributed by atoms with Crippen LogP contribution in [0.15, 0.2) is 66.7 Å². The molecular weight excluding hydrogens is 444 g/mol. The lowest BCUT2D eigenvalue weighted by Crippen LogP contribution is -2.20. The number of hydrogen-bond donors (Lipinski definition) is 1. The van der Waals surface area contributed by atoms with Crippen LogP contribution < -0.4 is 10.1 Å². The van der Waals surface area contributed by atoms with Crippen molar-refractivity contribution in [1.82, 2.24) is 20.2 Å². The number of hydrogen-bond acceptors (Lipinski definition) is 5. The highest BCUT2D eigenvalue weighted by molar-refractivity contribution is 6.33. The SMILES string of the molecule is O=C(Cn1nnc(-c2c(F)cccc2Cl)n1)Nc1cc(Cl)ccc1Oc1ccccc1. The van der Waals surface area contributed by atoms with Gasteiger partial charge in [0.1, 0.15) is 18.1 Å². The van der Waals surface area contributed by atoms with E-state index in [1.54, 1.807) is 30.3 Å². The fourth-order valence-electron chi connectivity index (χ4n) is 2.74. The van der Waals surface area contributed by atoms with Crippen molar-refractivity contribution in [1.29, 1.82) is 0 Å². The van der Waals surface area contributed by atoms with Crippen LogP contribution in [0.2, 0.25) is 10.0 Å². The summed E-state index contributed by atoms with van der Waals surface area (Å²) in [7, 11) is 0. The van der Waals surface area contributed by atoms with E-state index in [1.807, 2.05) is 18.2 Å². The molecular formula is C21H14Cl2FN5O2. The van der Waals surface area contributed by atoms with Crippen molar-refractivity contribution in [2.45, 2.75) is 6.54 Å². The number of para-hydroxylation sites is 1. The molecule has 0 spiro atoms. The molecule has 0 saturated heterocycles. The Hall–Kier alpha value is -3.49. The smallest absolute Gasteiger partial charge is 0.248 e. The van der Waals surface area contributed by atoms with Crippen molar-refractivity contribution >= 4 is 34.8 Å². The molecule has 3 aromatic carbocycles. The number of carbonyl (C=O) groups is 1. The van der Waals surface area contributed by atoms with Gasteiger partial charge in [-0.05, 0) is 47.7 Å². The molecule has 156 valence electrons. The second-order valence-corrected chi connectivity index (χ2v) is 7.19. The molecule has 10 heteroatoms. The van der Waals surface area contributed by atoms with Crippen LogP contribution >= 0.6 is 23.2 Å². The Morgan fingerprint density at radius 1 is 1.06 bits per heavy atom. The maximum absolute atomic E-state index is 14.0. The van der Waals surface area contributed by atoms with E-state index in [-0.39, 0.29) is 23.0 Å². The quantitative estimate of drug-likeness (QED) is 0.429. The van der Waals surface area contributed by atoms with Gasteiger partial charge in [-0.3, -0.25) is 4.79 Å². The summed E-state index contributed by atoms with van der Waals surface area (Å²) < 4.78 is 19.9. The molecule has 0 radical (unpaired) electrons. The molecule has 1 amide bonds. The van der Waals surface area contributed by atoms with E-state index < -0.39 is 11.7 Å². The third-order valence-corrected chi connectivity index (χ3v) is 4.66. The van der Waals surface area contributed by atoms with Crippen LogP contribution in [0.1, 0.15) is 0 Å². The van der Waals surface area contributed by atoms with Gasteiger partial charge < -0.3 is 10.1 Å². The number of benzene rings is 3. The van der Waals surface area contributed by atoms with Crippen LogP contribution in [-0.2, 0) is 11.3 Å². The fourth-order valence-corrected chi connectivity index (χ4v) is 3.16. The van der Waals surface area contributed by atoms with Gasteiger partial charge in [0.05, 0.1) is 16.3 Å². The number of tetrazole rings is 1. The summed E-state index contributed by atoms with van der Waals surface area (Å²) in [6.07, 6.45) is 0. The van der Waals surface area contributed by atoms with Crippen molar-refractivity contribution in [2.24, 2.45) is 0 Å². The summed E-state index contributed by atoms with van der Waals surface area (Å²) >= 11 is 12.1. The molecule has 4 rings (SSSR count). The molecule has 1 heterocycles. The molecule has 0 aliphatic rings. The number of aromatic nitrogens is 4. The molecule has 0 saturated carbocycles. The predicted octanol–water partition coefficient (Wildman–Crippen LogP) is 5.22. The van der Waals surface area contributed by atoms with Crippen LogP contribution in [0.25, 0.3) is 11.4 Å². The summed E-state index contributed by atoms with van der Waals surface area (Å²) in [5.41, 5.74) is 0.392. The van der Waals surface area contributed by atoms with Crippen molar-refractivity contribution in [2.75, 3.05) is 5.32 Å². The van der Waals surface area contributed by atoms with Gasteiger partial charge >= 0.3 is 0 Å². The Bertz CT molecular complexity index is 1210. The van der Waals surface area contributed by atoms with E-state index in [1.165, 1.54) is 18.2 Å². The van der Waals surface area contributed by atoms with Gasteiger partial charge in [-0.15, -0.1) is 10.2 Å². The van der Waals surface area contributed by atoms with Crippen molar-refractivity contribution < 1.29 is 13.9 Å². The van der Waals surface area contributed by atoms with Gasteiger partial charge in [-0.2, -0.15) is 4.80 Å². The number of anilines is 1. The van der Waals surface area contributed by atoms with E-state index in [2.05, 4.69) is 20.7 Å². The Labute approximate surface area is 186 Å². The van der Waals surface area contributed by atoms with Gasteiger partial charge in [0.15, 0.2) is 5.75 Å². The number of rotatable bonds is 6. The summed E-state index contributed by atoms with van der Waals surface area (Å²) in [6, 6.07) is 18.2. The summed E-state index contributed by atoms with van der Waals surface area (Å²) in [5, 5.41) is 14.9. The van der Waals surface area contributed by atoms with Gasteiger partial charge in [0.2, 0.25) is 11.7 Å². The molecule has 1 aromatic heterocycles. The molecule has 0 atom stereocenters. The predicted molar refractivity (Wildman–Crippen MR) is 115 cm³/mol. The molecule has 0 aliphatic carbocycles.